The molecule has 0 aliphatic carbocycles. The Morgan fingerprint density at radius 3 is 2.69 bits per heavy atom. The van der Waals surface area contributed by atoms with Gasteiger partial charge in [-0.3, -0.25) is 0 Å². The van der Waals surface area contributed by atoms with Gasteiger partial charge in [0.2, 0.25) is 0 Å². The third-order valence-corrected chi connectivity index (χ3v) is 3.28. The van der Waals surface area contributed by atoms with Crippen LogP contribution in [-0.4, -0.2) is 6.04 Å². The molecule has 0 aliphatic heterocycles. The zero-order valence-corrected chi connectivity index (χ0v) is 10.7. The summed E-state index contributed by atoms with van der Waals surface area (Å²) < 4.78 is 2.24. The fraction of sp³-hybridized carbons (Fsp3) is 0.400. The van der Waals surface area contributed by atoms with Gasteiger partial charge in [-0.15, -0.1) is 0 Å². The van der Waals surface area contributed by atoms with Crippen molar-refractivity contribution in [3.63, 3.8) is 0 Å². The molecule has 0 bridgehead atoms. The Bertz CT molecular complexity index is 286. The molecule has 0 saturated carbocycles. The van der Waals surface area contributed by atoms with E-state index in [9.17, 15) is 0 Å². The van der Waals surface area contributed by atoms with Crippen LogP contribution in [0.2, 0.25) is 0 Å². The minimum Gasteiger partial charge on any atom is -0.327 e. The second kappa shape index (κ2) is 5.13. The summed E-state index contributed by atoms with van der Waals surface area (Å²) in [4.78, 5) is 0. The van der Waals surface area contributed by atoms with E-state index in [1.165, 1.54) is 5.56 Å². The molecule has 1 aromatic rings. The Morgan fingerprint density at radius 1 is 1.38 bits per heavy atom. The summed E-state index contributed by atoms with van der Waals surface area (Å²) in [6.07, 6.45) is 1.94. The fourth-order valence-electron chi connectivity index (χ4n) is 1.13. The number of nitrogens with two attached hydrogens (primary N) is 1. The smallest absolute Gasteiger partial charge is 0.0208 e. The van der Waals surface area contributed by atoms with Gasteiger partial charge in [0.05, 0.1) is 0 Å². The molecule has 0 fully saturated rings. The lowest BCUT2D eigenvalue weighted by Crippen LogP contribution is -2.21. The van der Waals surface area contributed by atoms with Crippen molar-refractivity contribution in [3.05, 3.63) is 32.7 Å². The summed E-state index contributed by atoms with van der Waals surface area (Å²) in [7, 11) is 0. The maximum atomic E-state index is 5.89. The second-order valence-corrected chi connectivity index (χ2v) is 4.88. The van der Waals surface area contributed by atoms with Crippen molar-refractivity contribution in [2.45, 2.75) is 25.8 Å². The lowest BCUT2D eigenvalue weighted by atomic mass is 10.1. The summed E-state index contributed by atoms with van der Waals surface area (Å²) in [6, 6.07) is 6.43. The van der Waals surface area contributed by atoms with Crippen molar-refractivity contribution in [1.29, 1.82) is 0 Å². The molecule has 1 nitrogen and oxygen atoms in total. The second-order valence-electron chi connectivity index (χ2n) is 3.11. The molecule has 72 valence electrons. The average Bonchev–Trinajstić information content (AvgIpc) is 2.11. The zero-order chi connectivity index (χ0) is 9.84. The van der Waals surface area contributed by atoms with Crippen molar-refractivity contribution in [1.82, 2.24) is 0 Å². The normalized spacial score (nSPS) is 12.9. The SMILES string of the molecule is CC[C@@H](N)Cc1cc(Br)ccc1Br. The van der Waals surface area contributed by atoms with Gasteiger partial charge in [0.15, 0.2) is 0 Å². The van der Waals surface area contributed by atoms with Gasteiger partial charge >= 0.3 is 0 Å². The molecule has 1 atom stereocenters. The number of hydrogen-bond acceptors (Lipinski definition) is 1. The molecule has 1 aromatic carbocycles. The molecule has 0 saturated heterocycles. The van der Waals surface area contributed by atoms with Gasteiger partial charge < -0.3 is 5.73 Å². The Morgan fingerprint density at radius 2 is 2.08 bits per heavy atom. The molecule has 0 amide bonds. The van der Waals surface area contributed by atoms with Gasteiger partial charge in [0, 0.05) is 15.0 Å². The van der Waals surface area contributed by atoms with Crippen molar-refractivity contribution in [2.24, 2.45) is 5.73 Å². The molecular weight excluding hydrogens is 294 g/mol. The van der Waals surface area contributed by atoms with E-state index in [1.807, 2.05) is 12.1 Å². The lowest BCUT2D eigenvalue weighted by Gasteiger charge is -2.10. The molecule has 13 heavy (non-hydrogen) atoms. The van der Waals surface area contributed by atoms with E-state index in [0.29, 0.717) is 0 Å². The summed E-state index contributed by atoms with van der Waals surface area (Å²) in [5, 5.41) is 0. The summed E-state index contributed by atoms with van der Waals surface area (Å²) >= 11 is 6.96. The number of benzene rings is 1. The predicted molar refractivity (Wildman–Crippen MR) is 63.8 cm³/mol. The topological polar surface area (TPSA) is 26.0 Å². The lowest BCUT2D eigenvalue weighted by molar-refractivity contribution is 0.645. The zero-order valence-electron chi connectivity index (χ0n) is 7.56. The minimum absolute atomic E-state index is 0.255. The van der Waals surface area contributed by atoms with Gasteiger partial charge in [0.1, 0.15) is 0 Å². The van der Waals surface area contributed by atoms with Crippen molar-refractivity contribution < 1.29 is 0 Å². The van der Waals surface area contributed by atoms with Crippen LogP contribution in [0.3, 0.4) is 0 Å². The molecule has 0 radical (unpaired) electrons. The van der Waals surface area contributed by atoms with E-state index in [1.54, 1.807) is 0 Å². The highest BCUT2D eigenvalue weighted by molar-refractivity contribution is 9.11. The van der Waals surface area contributed by atoms with E-state index in [-0.39, 0.29) is 6.04 Å². The summed E-state index contributed by atoms with van der Waals surface area (Å²) in [5.74, 6) is 0. The summed E-state index contributed by atoms with van der Waals surface area (Å²) in [6.45, 7) is 2.11. The van der Waals surface area contributed by atoms with Crippen LogP contribution in [0.5, 0.6) is 0 Å². The van der Waals surface area contributed by atoms with Gasteiger partial charge in [-0.1, -0.05) is 38.8 Å². The van der Waals surface area contributed by atoms with E-state index < -0.39 is 0 Å². The molecule has 0 aromatic heterocycles. The molecule has 0 heterocycles. The van der Waals surface area contributed by atoms with Crippen LogP contribution in [0.15, 0.2) is 27.1 Å². The molecule has 2 N–H and O–H groups in total. The Hall–Kier alpha value is 0.140. The highest BCUT2D eigenvalue weighted by atomic mass is 79.9. The third kappa shape index (κ3) is 3.41. The first kappa shape index (κ1) is 11.2. The average molecular weight is 307 g/mol. The molecule has 1 rings (SSSR count). The van der Waals surface area contributed by atoms with Crippen molar-refractivity contribution in [3.8, 4) is 0 Å². The Kier molecular flexibility index (Phi) is 4.42. The molecule has 3 heteroatoms. The van der Waals surface area contributed by atoms with Crippen LogP contribution in [-0.2, 0) is 6.42 Å². The highest BCUT2D eigenvalue weighted by Crippen LogP contribution is 2.22. The van der Waals surface area contributed by atoms with Crippen LogP contribution in [0.1, 0.15) is 18.9 Å². The Balaban J connectivity index is 2.81. The van der Waals surface area contributed by atoms with E-state index >= 15 is 0 Å². The summed E-state index contributed by atoms with van der Waals surface area (Å²) in [5.41, 5.74) is 7.16. The first-order valence-corrected chi connectivity index (χ1v) is 5.91. The first-order valence-electron chi connectivity index (χ1n) is 4.33. The molecule has 0 spiro atoms. The van der Waals surface area contributed by atoms with Gasteiger partial charge in [-0.25, -0.2) is 0 Å². The molecule has 0 aliphatic rings. The van der Waals surface area contributed by atoms with Crippen molar-refractivity contribution >= 4 is 31.9 Å². The van der Waals surface area contributed by atoms with E-state index in [0.717, 1.165) is 21.8 Å². The van der Waals surface area contributed by atoms with Crippen molar-refractivity contribution in [2.75, 3.05) is 0 Å². The molecular formula is C10H13Br2N. The van der Waals surface area contributed by atoms with Crippen LogP contribution >= 0.6 is 31.9 Å². The Labute approximate surface area is 96.0 Å². The van der Waals surface area contributed by atoms with E-state index in [4.69, 9.17) is 5.73 Å². The van der Waals surface area contributed by atoms with Gasteiger partial charge in [0.25, 0.3) is 0 Å². The number of hydrogen-bond donors (Lipinski definition) is 1. The first-order chi connectivity index (χ1) is 6.13. The quantitative estimate of drug-likeness (QED) is 0.909. The standard InChI is InChI=1S/C10H13Br2N/c1-2-9(13)6-7-5-8(11)3-4-10(7)12/h3-5,9H,2,6,13H2,1H3/t9-/m1/s1. The number of rotatable bonds is 3. The maximum absolute atomic E-state index is 5.89. The molecule has 0 unspecified atom stereocenters. The maximum Gasteiger partial charge on any atom is 0.0208 e. The van der Waals surface area contributed by atoms with Crippen LogP contribution in [0, 0.1) is 0 Å². The fourth-order valence-corrected chi connectivity index (χ4v) is 1.94. The van der Waals surface area contributed by atoms with Gasteiger partial charge in [-0.05, 0) is 36.6 Å². The predicted octanol–water partition coefficient (Wildman–Crippen LogP) is 3.49. The highest BCUT2D eigenvalue weighted by Gasteiger charge is 2.05. The third-order valence-electron chi connectivity index (χ3n) is 2.01. The van der Waals surface area contributed by atoms with Crippen LogP contribution in [0.25, 0.3) is 0 Å². The van der Waals surface area contributed by atoms with Gasteiger partial charge in [-0.2, -0.15) is 0 Å². The van der Waals surface area contributed by atoms with Crippen LogP contribution in [0.4, 0.5) is 0 Å². The van der Waals surface area contributed by atoms with Crippen LogP contribution < -0.4 is 5.73 Å². The van der Waals surface area contributed by atoms with E-state index in [2.05, 4.69) is 44.8 Å². The minimum atomic E-state index is 0.255. The largest absolute Gasteiger partial charge is 0.327 e. The monoisotopic (exact) mass is 305 g/mol. The number of halogens is 2.